The molecule has 0 spiro atoms. The van der Waals surface area contributed by atoms with Crippen molar-refractivity contribution in [3.05, 3.63) is 0 Å². The van der Waals surface area contributed by atoms with Gasteiger partial charge in [-0.2, -0.15) is 0 Å². The maximum atomic E-state index is 11.6. The van der Waals surface area contributed by atoms with Crippen molar-refractivity contribution in [2.75, 3.05) is 13.6 Å². The molecule has 0 aliphatic carbocycles. The summed E-state index contributed by atoms with van der Waals surface area (Å²) in [5.41, 5.74) is 5.54. The molecule has 0 heterocycles. The van der Waals surface area contributed by atoms with E-state index >= 15 is 0 Å². The second kappa shape index (κ2) is 4.29. The summed E-state index contributed by atoms with van der Waals surface area (Å²) in [4.78, 5) is 13.1. The standard InChI is InChI=1S/C10H18N2O/c1-6-7-12(5)9(13)8(11)10(2,3)4/h1,8H,7,11H2,2-5H3/t8-/m0/s1. The number of carbonyl (C=O) groups is 1. The number of likely N-dealkylation sites (N-methyl/N-ethyl adjacent to an activating group) is 1. The molecule has 3 heteroatoms. The second-order valence-electron chi connectivity index (χ2n) is 4.24. The maximum absolute atomic E-state index is 11.6. The van der Waals surface area contributed by atoms with Gasteiger partial charge in [-0.05, 0) is 5.41 Å². The van der Waals surface area contributed by atoms with Crippen LogP contribution in [0.15, 0.2) is 0 Å². The zero-order valence-electron chi connectivity index (χ0n) is 8.79. The van der Waals surface area contributed by atoms with Gasteiger partial charge in [0.15, 0.2) is 0 Å². The Hall–Kier alpha value is -1.01. The van der Waals surface area contributed by atoms with E-state index in [9.17, 15) is 4.79 Å². The molecule has 0 aromatic rings. The minimum absolute atomic E-state index is 0.106. The van der Waals surface area contributed by atoms with Gasteiger partial charge in [-0.1, -0.05) is 26.7 Å². The molecule has 0 fully saturated rings. The second-order valence-corrected chi connectivity index (χ2v) is 4.24. The number of carbonyl (C=O) groups excluding carboxylic acids is 1. The topological polar surface area (TPSA) is 46.3 Å². The van der Waals surface area contributed by atoms with E-state index in [2.05, 4.69) is 5.92 Å². The summed E-state index contributed by atoms with van der Waals surface area (Å²) in [6.07, 6.45) is 5.09. The van der Waals surface area contributed by atoms with Crippen LogP contribution in [0.4, 0.5) is 0 Å². The molecule has 0 aromatic carbocycles. The van der Waals surface area contributed by atoms with Crippen LogP contribution in [0.2, 0.25) is 0 Å². The van der Waals surface area contributed by atoms with Crippen molar-refractivity contribution in [2.45, 2.75) is 26.8 Å². The molecule has 0 aliphatic rings. The van der Waals surface area contributed by atoms with Crippen molar-refractivity contribution in [3.63, 3.8) is 0 Å². The van der Waals surface area contributed by atoms with Gasteiger partial charge >= 0.3 is 0 Å². The smallest absolute Gasteiger partial charge is 0.240 e. The minimum Gasteiger partial charge on any atom is -0.333 e. The minimum atomic E-state index is -0.495. The number of rotatable bonds is 2. The number of hydrogen-bond acceptors (Lipinski definition) is 2. The molecule has 0 bridgehead atoms. The number of hydrogen-bond donors (Lipinski definition) is 1. The van der Waals surface area contributed by atoms with Gasteiger partial charge in [0.05, 0.1) is 12.6 Å². The third-order valence-corrected chi connectivity index (χ3v) is 1.90. The molecule has 0 saturated heterocycles. The van der Waals surface area contributed by atoms with Crippen molar-refractivity contribution in [1.29, 1.82) is 0 Å². The number of amides is 1. The SMILES string of the molecule is C#CCN(C)C(=O)[C@H](N)C(C)(C)C. The molecule has 0 rings (SSSR count). The van der Waals surface area contributed by atoms with Crippen LogP contribution in [0.5, 0.6) is 0 Å². The summed E-state index contributed by atoms with van der Waals surface area (Å²) in [6.45, 7) is 6.10. The van der Waals surface area contributed by atoms with Crippen molar-refractivity contribution in [1.82, 2.24) is 4.90 Å². The maximum Gasteiger partial charge on any atom is 0.240 e. The zero-order valence-corrected chi connectivity index (χ0v) is 8.79. The predicted octanol–water partition coefficient (Wildman–Crippen LogP) is 0.451. The van der Waals surface area contributed by atoms with Gasteiger partial charge in [-0.3, -0.25) is 4.79 Å². The Morgan fingerprint density at radius 2 is 2.08 bits per heavy atom. The molecule has 1 amide bonds. The summed E-state index contributed by atoms with van der Waals surface area (Å²) in [5, 5.41) is 0. The molecular formula is C10H18N2O. The third kappa shape index (κ3) is 3.47. The van der Waals surface area contributed by atoms with E-state index in [4.69, 9.17) is 12.2 Å². The first kappa shape index (κ1) is 12.0. The lowest BCUT2D eigenvalue weighted by Crippen LogP contribution is -2.49. The van der Waals surface area contributed by atoms with Gasteiger partial charge < -0.3 is 10.6 Å². The summed E-state index contributed by atoms with van der Waals surface area (Å²) in [5.74, 6) is 2.30. The van der Waals surface area contributed by atoms with Crippen LogP contribution < -0.4 is 5.73 Å². The van der Waals surface area contributed by atoms with E-state index in [1.54, 1.807) is 7.05 Å². The molecule has 0 aliphatic heterocycles. The van der Waals surface area contributed by atoms with Crippen molar-refractivity contribution in [3.8, 4) is 12.3 Å². The highest BCUT2D eigenvalue weighted by Crippen LogP contribution is 2.18. The van der Waals surface area contributed by atoms with E-state index in [-0.39, 0.29) is 11.3 Å². The first-order chi connectivity index (χ1) is 5.80. The lowest BCUT2D eigenvalue weighted by Gasteiger charge is -2.29. The third-order valence-electron chi connectivity index (χ3n) is 1.90. The highest BCUT2D eigenvalue weighted by Gasteiger charge is 2.29. The van der Waals surface area contributed by atoms with Crippen molar-refractivity contribution < 1.29 is 4.79 Å². The van der Waals surface area contributed by atoms with Gasteiger partial charge in [0.2, 0.25) is 5.91 Å². The van der Waals surface area contributed by atoms with Crippen LogP contribution >= 0.6 is 0 Å². The quantitative estimate of drug-likeness (QED) is 0.630. The average molecular weight is 182 g/mol. The van der Waals surface area contributed by atoms with Crippen molar-refractivity contribution in [2.24, 2.45) is 11.1 Å². The average Bonchev–Trinajstić information content (AvgIpc) is 2.00. The Labute approximate surface area is 80.3 Å². The molecule has 2 N–H and O–H groups in total. The Morgan fingerprint density at radius 1 is 1.62 bits per heavy atom. The van der Waals surface area contributed by atoms with E-state index in [1.165, 1.54) is 4.90 Å². The molecule has 0 unspecified atom stereocenters. The van der Waals surface area contributed by atoms with E-state index < -0.39 is 6.04 Å². The Kier molecular flexibility index (Phi) is 3.96. The van der Waals surface area contributed by atoms with E-state index in [1.807, 2.05) is 20.8 Å². The fraction of sp³-hybridized carbons (Fsp3) is 0.700. The fourth-order valence-electron chi connectivity index (χ4n) is 0.823. The van der Waals surface area contributed by atoms with Crippen LogP contribution in [0.1, 0.15) is 20.8 Å². The first-order valence-electron chi connectivity index (χ1n) is 4.24. The number of nitrogens with two attached hydrogens (primary N) is 1. The molecule has 13 heavy (non-hydrogen) atoms. The molecule has 3 nitrogen and oxygen atoms in total. The largest absolute Gasteiger partial charge is 0.333 e. The first-order valence-corrected chi connectivity index (χ1v) is 4.24. The Morgan fingerprint density at radius 3 is 2.38 bits per heavy atom. The van der Waals surface area contributed by atoms with Crippen LogP contribution in [0.25, 0.3) is 0 Å². The van der Waals surface area contributed by atoms with Gasteiger partial charge in [0.1, 0.15) is 0 Å². The van der Waals surface area contributed by atoms with E-state index in [0.29, 0.717) is 6.54 Å². The Bertz CT molecular complexity index is 222. The van der Waals surface area contributed by atoms with Gasteiger partial charge in [0, 0.05) is 7.05 Å². The predicted molar refractivity (Wildman–Crippen MR) is 53.9 cm³/mol. The zero-order chi connectivity index (χ0) is 10.6. The normalized spacial score (nSPS) is 13.2. The highest BCUT2D eigenvalue weighted by molar-refractivity contribution is 5.82. The number of terminal acetylenes is 1. The summed E-state index contributed by atoms with van der Waals surface area (Å²) < 4.78 is 0. The Balaban J connectivity index is 4.36. The highest BCUT2D eigenvalue weighted by atomic mass is 16.2. The lowest BCUT2D eigenvalue weighted by molar-refractivity contribution is -0.133. The monoisotopic (exact) mass is 182 g/mol. The number of nitrogens with zero attached hydrogens (tertiary/aromatic N) is 1. The summed E-state index contributed by atoms with van der Waals surface area (Å²) >= 11 is 0. The fourth-order valence-corrected chi connectivity index (χ4v) is 0.823. The van der Waals surface area contributed by atoms with Crippen LogP contribution in [-0.4, -0.2) is 30.4 Å². The van der Waals surface area contributed by atoms with Crippen LogP contribution in [0.3, 0.4) is 0 Å². The van der Waals surface area contributed by atoms with Crippen LogP contribution in [0, 0.1) is 17.8 Å². The van der Waals surface area contributed by atoms with Crippen LogP contribution in [-0.2, 0) is 4.79 Å². The summed E-state index contributed by atoms with van der Waals surface area (Å²) in [7, 11) is 1.66. The van der Waals surface area contributed by atoms with E-state index in [0.717, 1.165) is 0 Å². The van der Waals surface area contributed by atoms with Gasteiger partial charge in [-0.15, -0.1) is 6.42 Å². The van der Waals surface area contributed by atoms with Gasteiger partial charge in [-0.25, -0.2) is 0 Å². The van der Waals surface area contributed by atoms with Gasteiger partial charge in [0.25, 0.3) is 0 Å². The lowest BCUT2D eigenvalue weighted by atomic mass is 9.86. The molecular weight excluding hydrogens is 164 g/mol. The summed E-state index contributed by atoms with van der Waals surface area (Å²) in [6, 6.07) is -0.495. The molecule has 0 radical (unpaired) electrons. The molecule has 0 aromatic heterocycles. The molecule has 0 saturated carbocycles. The molecule has 1 atom stereocenters. The van der Waals surface area contributed by atoms with Crippen molar-refractivity contribution >= 4 is 5.91 Å². The molecule has 74 valence electrons.